The van der Waals surface area contributed by atoms with E-state index in [2.05, 4.69) is 34.1 Å². The Morgan fingerprint density at radius 3 is 2.20 bits per heavy atom. The lowest BCUT2D eigenvalue weighted by atomic mass is 10.1. The molecule has 2 amide bonds. The van der Waals surface area contributed by atoms with Crippen molar-refractivity contribution in [1.82, 2.24) is 4.90 Å². The number of rotatable bonds is 19. The summed E-state index contributed by atoms with van der Waals surface area (Å²) in [5.41, 5.74) is 2.52. The van der Waals surface area contributed by atoms with Crippen molar-refractivity contribution < 1.29 is 14.3 Å². The van der Waals surface area contributed by atoms with Crippen LogP contribution in [0.5, 0.6) is 11.5 Å². The predicted octanol–water partition coefficient (Wildman–Crippen LogP) is 9.97. The van der Waals surface area contributed by atoms with Gasteiger partial charge in [0.25, 0.3) is 0 Å². The van der Waals surface area contributed by atoms with Gasteiger partial charge in [0.2, 0.25) is 0 Å². The second-order valence-corrected chi connectivity index (χ2v) is 11.0. The number of ether oxygens (including phenoxy) is 2. The van der Waals surface area contributed by atoms with E-state index in [9.17, 15) is 4.79 Å². The van der Waals surface area contributed by atoms with Gasteiger partial charge in [0.1, 0.15) is 0 Å². The van der Waals surface area contributed by atoms with Gasteiger partial charge in [-0.15, -0.1) is 28.7 Å². The molecule has 2 N–H and O–H groups in total. The number of anilines is 2. The molecule has 0 aromatic heterocycles. The normalized spacial score (nSPS) is 12.2. The first-order valence-electron chi connectivity index (χ1n) is 14.7. The maximum absolute atomic E-state index is 12.7. The van der Waals surface area contributed by atoms with Crippen LogP contribution >= 0.6 is 28.7 Å². The van der Waals surface area contributed by atoms with Crippen molar-refractivity contribution in [3.63, 3.8) is 0 Å². The highest BCUT2D eigenvalue weighted by molar-refractivity contribution is 8.93. The number of methoxy groups -OCH3 is 1. The van der Waals surface area contributed by atoms with Gasteiger partial charge in [0.15, 0.2) is 11.5 Å². The molecule has 1 aliphatic heterocycles. The molecule has 0 atom stereocenters. The lowest BCUT2D eigenvalue weighted by Crippen LogP contribution is -2.21. The Kier molecular flexibility index (Phi) is 17.4. The smallest absolute Gasteiger partial charge is 0.323 e. The molecule has 0 saturated heterocycles. The molecule has 0 fully saturated rings. The highest BCUT2D eigenvalue weighted by Gasteiger charge is 2.12. The van der Waals surface area contributed by atoms with Crippen LogP contribution in [-0.4, -0.2) is 30.5 Å². The number of hydrogen-bond acceptors (Lipinski definition) is 5. The third-order valence-corrected chi connectivity index (χ3v) is 7.72. The van der Waals surface area contributed by atoms with E-state index in [1.54, 1.807) is 24.9 Å². The largest absolute Gasteiger partial charge is 0.493 e. The van der Waals surface area contributed by atoms with Gasteiger partial charge in [-0.2, -0.15) is 0 Å². The van der Waals surface area contributed by atoms with Gasteiger partial charge in [-0.1, -0.05) is 95.8 Å². The summed E-state index contributed by atoms with van der Waals surface area (Å²) in [6, 6.07) is 13.1. The number of hydrogen-bond donors (Lipinski definition) is 2. The van der Waals surface area contributed by atoms with Gasteiger partial charge in [-0.3, -0.25) is 0 Å². The Hall–Kier alpha value is -2.32. The van der Waals surface area contributed by atoms with Crippen molar-refractivity contribution in [3.05, 3.63) is 59.6 Å². The molecule has 0 radical (unpaired) electrons. The summed E-state index contributed by atoms with van der Waals surface area (Å²) >= 11 is 1.76. The van der Waals surface area contributed by atoms with Crippen LogP contribution < -0.4 is 20.1 Å². The second kappa shape index (κ2) is 20.5. The number of urea groups is 1. The standard InChI is InChI=1S/C32H47N3O3S.BrH/c1-3-4-5-6-7-8-9-10-11-12-13-16-22-38-30-20-19-28(24-31(30)37-2)33-32(36)34-29-18-15-14-17-27(29)25-35-21-23-39-26-35;/h14-15,17-21,23-24H,3-13,16,22,25-26H2,1-2H3,(H2,33,34,36);1H. The maximum atomic E-state index is 12.7. The summed E-state index contributed by atoms with van der Waals surface area (Å²) in [6.07, 6.45) is 17.9. The SMILES string of the molecule is Br.CCCCCCCCCCCCCCOc1ccc(NC(=O)Nc2ccccc2CN2C=CSC2)cc1OC. The fraction of sp³-hybridized carbons (Fsp3) is 0.531. The molecule has 0 spiro atoms. The van der Waals surface area contributed by atoms with E-state index in [1.807, 2.05) is 36.4 Å². The van der Waals surface area contributed by atoms with Gasteiger partial charge in [0.05, 0.1) is 19.6 Å². The van der Waals surface area contributed by atoms with Gasteiger partial charge >= 0.3 is 6.03 Å². The van der Waals surface area contributed by atoms with Gasteiger partial charge in [-0.05, 0) is 35.6 Å². The van der Waals surface area contributed by atoms with Gasteiger partial charge in [0, 0.05) is 30.2 Å². The van der Waals surface area contributed by atoms with E-state index in [1.165, 1.54) is 70.6 Å². The van der Waals surface area contributed by atoms with Crippen molar-refractivity contribution in [1.29, 1.82) is 0 Å². The Morgan fingerprint density at radius 2 is 1.55 bits per heavy atom. The van der Waals surface area contributed by atoms with Crippen molar-refractivity contribution in [2.24, 2.45) is 0 Å². The zero-order valence-electron chi connectivity index (χ0n) is 24.3. The molecule has 0 unspecified atom stereocenters. The number of thioether (sulfide) groups is 1. The average molecular weight is 635 g/mol. The van der Waals surface area contributed by atoms with Crippen LogP contribution in [0.1, 0.15) is 89.5 Å². The van der Waals surface area contributed by atoms with Crippen LogP contribution in [0, 0.1) is 0 Å². The van der Waals surface area contributed by atoms with Crippen molar-refractivity contribution in [3.8, 4) is 11.5 Å². The molecule has 1 heterocycles. The Bertz CT molecular complexity index is 1020. The number of benzene rings is 2. The van der Waals surface area contributed by atoms with Crippen LogP contribution in [0.15, 0.2) is 54.1 Å². The first-order valence-corrected chi connectivity index (χ1v) is 15.7. The van der Waals surface area contributed by atoms with E-state index < -0.39 is 0 Å². The number of nitrogens with zero attached hydrogens (tertiary/aromatic N) is 1. The molecular formula is C32H48BrN3O3S. The summed E-state index contributed by atoms with van der Waals surface area (Å²) in [5.74, 6) is 2.24. The maximum Gasteiger partial charge on any atom is 0.323 e. The summed E-state index contributed by atoms with van der Waals surface area (Å²) < 4.78 is 11.5. The number of para-hydroxylation sites is 1. The fourth-order valence-corrected chi connectivity index (χ4v) is 5.40. The van der Waals surface area contributed by atoms with Crippen LogP contribution in [0.25, 0.3) is 0 Å². The zero-order valence-corrected chi connectivity index (χ0v) is 26.8. The molecule has 0 bridgehead atoms. The van der Waals surface area contributed by atoms with E-state index in [0.29, 0.717) is 23.8 Å². The fourth-order valence-electron chi connectivity index (χ4n) is 4.68. The lowest BCUT2D eigenvalue weighted by molar-refractivity contribution is 0.262. The molecule has 222 valence electrons. The molecule has 0 saturated carbocycles. The van der Waals surface area contributed by atoms with Gasteiger partial charge < -0.3 is 25.0 Å². The highest BCUT2D eigenvalue weighted by Crippen LogP contribution is 2.31. The predicted molar refractivity (Wildman–Crippen MR) is 176 cm³/mol. The van der Waals surface area contributed by atoms with Crippen LogP contribution in [-0.2, 0) is 6.54 Å². The van der Waals surface area contributed by atoms with Crippen LogP contribution in [0.4, 0.5) is 16.2 Å². The average Bonchev–Trinajstić information content (AvgIpc) is 3.46. The Balaban J connectivity index is 0.00000560. The molecule has 2 aromatic rings. The number of nitrogens with one attached hydrogen (secondary N) is 2. The number of carbonyl (C=O) groups is 1. The van der Waals surface area contributed by atoms with Crippen LogP contribution in [0.3, 0.4) is 0 Å². The minimum Gasteiger partial charge on any atom is -0.493 e. The monoisotopic (exact) mass is 633 g/mol. The summed E-state index contributed by atoms with van der Waals surface area (Å²) in [6.45, 7) is 3.69. The number of carbonyl (C=O) groups excluding carboxylic acids is 1. The molecule has 0 aliphatic carbocycles. The lowest BCUT2D eigenvalue weighted by Gasteiger charge is -2.18. The number of unbranched alkanes of at least 4 members (excludes halogenated alkanes) is 11. The number of amides is 2. The molecule has 2 aromatic carbocycles. The topological polar surface area (TPSA) is 62.8 Å². The van der Waals surface area contributed by atoms with Crippen molar-refractivity contribution >= 4 is 46.1 Å². The minimum atomic E-state index is -0.291. The molecule has 40 heavy (non-hydrogen) atoms. The summed E-state index contributed by atoms with van der Waals surface area (Å²) in [4.78, 5) is 15.0. The zero-order chi connectivity index (χ0) is 27.5. The van der Waals surface area contributed by atoms with E-state index >= 15 is 0 Å². The molecular weight excluding hydrogens is 586 g/mol. The molecule has 6 nitrogen and oxygen atoms in total. The van der Waals surface area contributed by atoms with Gasteiger partial charge in [-0.25, -0.2) is 4.79 Å². The van der Waals surface area contributed by atoms with E-state index in [-0.39, 0.29) is 23.0 Å². The first kappa shape index (κ1) is 33.9. The van der Waals surface area contributed by atoms with E-state index in [4.69, 9.17) is 9.47 Å². The molecule has 1 aliphatic rings. The third kappa shape index (κ3) is 12.9. The first-order chi connectivity index (χ1) is 19.2. The van der Waals surface area contributed by atoms with E-state index in [0.717, 1.165) is 30.1 Å². The quantitative estimate of drug-likeness (QED) is 0.151. The van der Waals surface area contributed by atoms with Crippen molar-refractivity contribution in [2.45, 2.75) is 90.5 Å². The third-order valence-electron chi connectivity index (χ3n) is 6.92. The summed E-state index contributed by atoms with van der Waals surface area (Å²) in [5, 5.41) is 7.98. The van der Waals surface area contributed by atoms with Crippen LogP contribution in [0.2, 0.25) is 0 Å². The molecule has 3 rings (SSSR count). The number of halogens is 1. The Morgan fingerprint density at radius 1 is 0.875 bits per heavy atom. The Labute approximate surface area is 256 Å². The van der Waals surface area contributed by atoms with Crippen molar-refractivity contribution in [2.75, 3.05) is 30.2 Å². The highest BCUT2D eigenvalue weighted by atomic mass is 79.9. The second-order valence-electron chi connectivity index (χ2n) is 10.2. The minimum absolute atomic E-state index is 0. The molecule has 8 heteroatoms. The summed E-state index contributed by atoms with van der Waals surface area (Å²) in [7, 11) is 1.62.